The maximum absolute atomic E-state index is 12.3. The van der Waals surface area contributed by atoms with Crippen LogP contribution in [0.5, 0.6) is 11.5 Å². The van der Waals surface area contributed by atoms with Crippen molar-refractivity contribution < 1.29 is 19.1 Å². The van der Waals surface area contributed by atoms with E-state index in [9.17, 15) is 9.59 Å². The number of nitrogens with one attached hydrogen (secondary N) is 2. The van der Waals surface area contributed by atoms with E-state index < -0.39 is 5.91 Å². The predicted octanol–water partition coefficient (Wildman–Crippen LogP) is 4.22. The van der Waals surface area contributed by atoms with E-state index in [0.717, 1.165) is 23.4 Å². The van der Waals surface area contributed by atoms with Crippen molar-refractivity contribution >= 4 is 18.0 Å². The number of carbonyl (C=O) groups excluding carboxylic acids is 2. The molecule has 2 amide bonds. The molecule has 1 heterocycles. The van der Waals surface area contributed by atoms with Gasteiger partial charge in [0.15, 0.2) is 0 Å². The second-order valence-electron chi connectivity index (χ2n) is 8.29. The molecule has 194 valence electrons. The van der Waals surface area contributed by atoms with Crippen LogP contribution >= 0.6 is 0 Å². The Balaban J connectivity index is 1.44. The van der Waals surface area contributed by atoms with Gasteiger partial charge in [0.05, 0.1) is 32.2 Å². The highest BCUT2D eigenvalue weighted by Crippen LogP contribution is 2.25. The number of aromatic nitrogens is 2. The molecule has 0 bridgehead atoms. The molecule has 0 aliphatic rings. The van der Waals surface area contributed by atoms with Crippen molar-refractivity contribution in [3.63, 3.8) is 0 Å². The molecule has 38 heavy (non-hydrogen) atoms. The van der Waals surface area contributed by atoms with Crippen LogP contribution in [0.15, 0.2) is 90.2 Å². The number of ether oxygens (including phenoxy) is 2. The van der Waals surface area contributed by atoms with Gasteiger partial charge in [0.25, 0.3) is 11.8 Å². The summed E-state index contributed by atoms with van der Waals surface area (Å²) in [5.41, 5.74) is 6.05. The Bertz CT molecular complexity index is 1380. The van der Waals surface area contributed by atoms with Gasteiger partial charge in [-0.2, -0.15) is 10.2 Å². The van der Waals surface area contributed by atoms with Crippen LogP contribution in [0, 0.1) is 0 Å². The maximum Gasteiger partial charge on any atom is 0.259 e. The fourth-order valence-electron chi connectivity index (χ4n) is 3.57. The highest BCUT2D eigenvalue weighted by atomic mass is 16.5. The first-order valence-corrected chi connectivity index (χ1v) is 12.2. The van der Waals surface area contributed by atoms with Gasteiger partial charge in [-0.1, -0.05) is 25.1 Å². The van der Waals surface area contributed by atoms with E-state index >= 15 is 0 Å². The van der Waals surface area contributed by atoms with Gasteiger partial charge in [-0.3, -0.25) is 9.59 Å². The van der Waals surface area contributed by atoms with Crippen molar-refractivity contribution in [3.8, 4) is 28.4 Å². The molecule has 9 nitrogen and oxygen atoms in total. The number of hydrogen-bond donors (Lipinski definition) is 2. The summed E-state index contributed by atoms with van der Waals surface area (Å²) in [4.78, 5) is 24.6. The number of rotatable bonds is 11. The van der Waals surface area contributed by atoms with Crippen molar-refractivity contribution in [2.24, 2.45) is 5.10 Å². The fourth-order valence-corrected chi connectivity index (χ4v) is 3.57. The summed E-state index contributed by atoms with van der Waals surface area (Å²) in [6, 6.07) is 24.0. The van der Waals surface area contributed by atoms with Crippen LogP contribution in [-0.4, -0.2) is 48.1 Å². The molecule has 1 aromatic heterocycles. The molecule has 0 saturated heterocycles. The number of hydrazone groups is 1. The zero-order valence-corrected chi connectivity index (χ0v) is 21.3. The zero-order valence-electron chi connectivity index (χ0n) is 21.3. The molecule has 3 aromatic carbocycles. The molecular formula is C29H29N5O4. The monoisotopic (exact) mass is 511 g/mol. The zero-order chi connectivity index (χ0) is 26.7. The molecule has 0 saturated carbocycles. The van der Waals surface area contributed by atoms with Crippen LogP contribution in [0.4, 0.5) is 0 Å². The van der Waals surface area contributed by atoms with E-state index in [1.165, 1.54) is 6.21 Å². The smallest absolute Gasteiger partial charge is 0.259 e. The highest BCUT2D eigenvalue weighted by molar-refractivity contribution is 5.96. The Morgan fingerprint density at radius 1 is 0.974 bits per heavy atom. The summed E-state index contributed by atoms with van der Waals surface area (Å²) >= 11 is 0. The fraction of sp³-hybridized carbons (Fsp3) is 0.172. The molecule has 0 spiro atoms. The SMILES string of the molecule is CCCOc1ccc(-c2nn(-c3ccccc3)cc2/C=N/NC(=O)CNC(=O)c2ccc(OC)cc2)cc1. The minimum atomic E-state index is -0.461. The molecule has 0 atom stereocenters. The Morgan fingerprint density at radius 3 is 2.37 bits per heavy atom. The van der Waals surface area contributed by atoms with Crippen LogP contribution in [0.3, 0.4) is 0 Å². The highest BCUT2D eigenvalue weighted by Gasteiger charge is 2.12. The predicted molar refractivity (Wildman–Crippen MR) is 146 cm³/mol. The third-order valence-electron chi connectivity index (χ3n) is 5.52. The third kappa shape index (κ3) is 6.85. The van der Waals surface area contributed by atoms with E-state index in [2.05, 4.69) is 22.8 Å². The van der Waals surface area contributed by atoms with Crippen molar-refractivity contribution in [2.75, 3.05) is 20.3 Å². The van der Waals surface area contributed by atoms with Crippen molar-refractivity contribution in [3.05, 3.63) is 96.2 Å². The number of carbonyl (C=O) groups is 2. The van der Waals surface area contributed by atoms with E-state index in [-0.39, 0.29) is 12.5 Å². The molecule has 0 fully saturated rings. The van der Waals surface area contributed by atoms with Gasteiger partial charge >= 0.3 is 0 Å². The first-order chi connectivity index (χ1) is 18.6. The summed E-state index contributed by atoms with van der Waals surface area (Å²) in [5.74, 6) is 0.601. The standard InChI is InChI=1S/C29H29N5O4/c1-3-17-38-26-15-9-21(10-16-26)28-23(20-34(33-28)24-7-5-4-6-8-24)18-31-32-27(35)19-30-29(36)22-11-13-25(37-2)14-12-22/h4-16,18,20H,3,17,19H2,1-2H3,(H,30,36)(H,32,35)/b31-18+. The van der Waals surface area contributed by atoms with Crippen LogP contribution in [-0.2, 0) is 4.79 Å². The number of nitrogens with zero attached hydrogens (tertiary/aromatic N) is 3. The van der Waals surface area contributed by atoms with E-state index in [4.69, 9.17) is 14.6 Å². The first-order valence-electron chi connectivity index (χ1n) is 12.2. The van der Waals surface area contributed by atoms with Crippen molar-refractivity contribution in [2.45, 2.75) is 13.3 Å². The molecule has 4 rings (SSSR count). The summed E-state index contributed by atoms with van der Waals surface area (Å²) < 4.78 is 12.5. The normalized spacial score (nSPS) is 10.8. The molecule has 0 radical (unpaired) electrons. The lowest BCUT2D eigenvalue weighted by Crippen LogP contribution is -2.34. The van der Waals surface area contributed by atoms with Crippen molar-refractivity contribution in [1.29, 1.82) is 0 Å². The van der Waals surface area contributed by atoms with Gasteiger partial charge < -0.3 is 14.8 Å². The van der Waals surface area contributed by atoms with E-state index in [1.807, 2.05) is 60.8 Å². The van der Waals surface area contributed by atoms with E-state index in [0.29, 0.717) is 29.2 Å². The van der Waals surface area contributed by atoms with Crippen molar-refractivity contribution in [1.82, 2.24) is 20.5 Å². The number of hydrogen-bond acceptors (Lipinski definition) is 6. The topological polar surface area (TPSA) is 107 Å². The Kier molecular flexibility index (Phi) is 8.85. The van der Waals surface area contributed by atoms with Gasteiger partial charge in [-0.25, -0.2) is 10.1 Å². The second-order valence-corrected chi connectivity index (χ2v) is 8.29. The number of benzene rings is 3. The molecule has 2 N–H and O–H groups in total. The third-order valence-corrected chi connectivity index (χ3v) is 5.52. The van der Waals surface area contributed by atoms with Gasteiger partial charge in [-0.15, -0.1) is 0 Å². The summed E-state index contributed by atoms with van der Waals surface area (Å²) in [6.45, 7) is 2.49. The number of methoxy groups -OCH3 is 1. The summed E-state index contributed by atoms with van der Waals surface area (Å²) in [7, 11) is 1.55. The Morgan fingerprint density at radius 2 is 1.68 bits per heavy atom. The Labute approximate surface area is 221 Å². The average Bonchev–Trinajstić information content (AvgIpc) is 3.39. The molecule has 9 heteroatoms. The molecule has 0 aliphatic carbocycles. The molecular weight excluding hydrogens is 482 g/mol. The van der Waals surface area contributed by atoms with Gasteiger partial charge in [0.2, 0.25) is 0 Å². The van der Waals surface area contributed by atoms with Crippen LogP contribution in [0.2, 0.25) is 0 Å². The van der Waals surface area contributed by atoms with Crippen LogP contribution in [0.1, 0.15) is 29.3 Å². The second kappa shape index (κ2) is 12.9. The van der Waals surface area contributed by atoms with Gasteiger partial charge in [0, 0.05) is 22.9 Å². The molecule has 4 aromatic rings. The quantitative estimate of drug-likeness (QED) is 0.232. The summed E-state index contributed by atoms with van der Waals surface area (Å²) in [6.07, 6.45) is 4.31. The molecule has 0 aliphatic heterocycles. The lowest BCUT2D eigenvalue weighted by Gasteiger charge is -2.06. The number of para-hydroxylation sites is 1. The average molecular weight is 512 g/mol. The van der Waals surface area contributed by atoms with Crippen LogP contribution in [0.25, 0.3) is 16.9 Å². The minimum absolute atomic E-state index is 0.225. The Hall–Kier alpha value is -4.92. The lowest BCUT2D eigenvalue weighted by atomic mass is 10.1. The minimum Gasteiger partial charge on any atom is -0.497 e. The molecule has 0 unspecified atom stereocenters. The maximum atomic E-state index is 12.3. The van der Waals surface area contributed by atoms with E-state index in [1.54, 1.807) is 36.1 Å². The number of amides is 2. The van der Waals surface area contributed by atoms with Crippen LogP contribution < -0.4 is 20.2 Å². The summed E-state index contributed by atoms with van der Waals surface area (Å²) in [5, 5.41) is 11.4. The largest absolute Gasteiger partial charge is 0.497 e. The van der Waals surface area contributed by atoms with Gasteiger partial charge in [0.1, 0.15) is 17.2 Å². The lowest BCUT2D eigenvalue weighted by molar-refractivity contribution is -0.120. The first kappa shape index (κ1) is 26.2. The van der Waals surface area contributed by atoms with Gasteiger partial charge in [-0.05, 0) is 67.1 Å².